The number of pyridine rings is 1. The molecule has 0 spiro atoms. The third-order valence-corrected chi connectivity index (χ3v) is 9.50. The van der Waals surface area contributed by atoms with Gasteiger partial charge in [-0.3, -0.25) is 14.3 Å². The van der Waals surface area contributed by atoms with Gasteiger partial charge in [-0.1, -0.05) is 59.9 Å². The van der Waals surface area contributed by atoms with Crippen LogP contribution in [-0.4, -0.2) is 51.2 Å². The number of dihydropyridines is 1. The van der Waals surface area contributed by atoms with E-state index in [1.54, 1.807) is 68.7 Å². The summed E-state index contributed by atoms with van der Waals surface area (Å²) in [4.78, 5) is 48.9. The van der Waals surface area contributed by atoms with E-state index in [0.717, 1.165) is 29.0 Å². The molecule has 2 unspecified atom stereocenters. The molecule has 52 heavy (non-hydrogen) atoms. The predicted molar refractivity (Wildman–Crippen MR) is 202 cm³/mol. The molecule has 0 bridgehead atoms. The fourth-order valence-electron chi connectivity index (χ4n) is 6.60. The first kappa shape index (κ1) is 36.2. The van der Waals surface area contributed by atoms with Gasteiger partial charge in [0, 0.05) is 52.4 Å². The topological polar surface area (TPSA) is 135 Å². The zero-order chi connectivity index (χ0) is 37.0. The average Bonchev–Trinajstić information content (AvgIpc) is 3.49. The molecule has 11 nitrogen and oxygen atoms in total. The summed E-state index contributed by atoms with van der Waals surface area (Å²) in [6.07, 6.45) is 5.41. The number of ether oxygens (including phenoxy) is 1. The molecule has 0 saturated heterocycles. The zero-order valence-electron chi connectivity index (χ0n) is 29.4. The third-order valence-electron chi connectivity index (χ3n) is 9.16. The minimum atomic E-state index is -0.902. The van der Waals surface area contributed by atoms with E-state index in [1.165, 1.54) is 0 Å². The predicted octanol–water partition coefficient (Wildman–Crippen LogP) is 7.61. The molecule has 12 heteroatoms. The number of rotatable bonds is 12. The number of imidazole rings is 1. The number of aromatic nitrogens is 3. The van der Waals surface area contributed by atoms with E-state index in [4.69, 9.17) is 16.3 Å². The van der Waals surface area contributed by atoms with Crippen LogP contribution in [0.25, 0.3) is 22.4 Å². The molecular formula is C40H40ClN6O5+. The summed E-state index contributed by atoms with van der Waals surface area (Å²) in [5.41, 5.74) is 6.15. The van der Waals surface area contributed by atoms with Gasteiger partial charge in [0.25, 0.3) is 5.91 Å². The van der Waals surface area contributed by atoms with E-state index in [0.29, 0.717) is 51.7 Å². The van der Waals surface area contributed by atoms with Crippen LogP contribution in [0.5, 0.6) is 0 Å². The second-order valence-electron chi connectivity index (χ2n) is 12.5. The van der Waals surface area contributed by atoms with Crippen LogP contribution in [0.3, 0.4) is 0 Å². The van der Waals surface area contributed by atoms with Crippen LogP contribution < -0.4 is 15.3 Å². The lowest BCUT2D eigenvalue weighted by Gasteiger charge is -2.32. The highest BCUT2D eigenvalue weighted by Gasteiger charge is 2.40. The normalized spacial score (nSPS) is 15.6. The number of unbranched alkanes of at least 4 members (excludes halogenated alkanes) is 1. The Morgan fingerprint density at radius 1 is 1.02 bits per heavy atom. The Morgan fingerprint density at radius 3 is 2.42 bits per heavy atom. The molecule has 2 amide bonds. The number of allylic oxidation sites excluding steroid dienone is 1. The molecule has 3 aromatic carbocycles. The summed E-state index contributed by atoms with van der Waals surface area (Å²) in [5.74, 6) is -1.16. The quantitative estimate of drug-likeness (QED) is 0.0394. The Hall–Kier alpha value is -5.62. The maximum atomic E-state index is 14.3. The Kier molecular flexibility index (Phi) is 10.7. The van der Waals surface area contributed by atoms with Crippen molar-refractivity contribution >= 4 is 58.0 Å². The van der Waals surface area contributed by atoms with Gasteiger partial charge in [0.05, 0.1) is 35.5 Å². The lowest BCUT2D eigenvalue weighted by molar-refractivity contribution is -0.146. The first-order valence-electron chi connectivity index (χ1n) is 17.1. The molecule has 3 N–H and O–H groups in total. The second kappa shape index (κ2) is 15.3. The maximum Gasteiger partial charge on any atom is 0.338 e. The van der Waals surface area contributed by atoms with Crippen molar-refractivity contribution in [2.75, 3.05) is 18.5 Å². The summed E-state index contributed by atoms with van der Waals surface area (Å²) >= 11 is 6.81. The van der Waals surface area contributed by atoms with Crippen molar-refractivity contribution in [3.63, 3.8) is 0 Å². The van der Waals surface area contributed by atoms with Crippen molar-refractivity contribution in [3.05, 3.63) is 130 Å². The van der Waals surface area contributed by atoms with Gasteiger partial charge in [-0.05, 0) is 68.3 Å². The Morgan fingerprint density at radius 2 is 1.75 bits per heavy atom. The fraction of sp³-hybridized carbons (Fsp3) is 0.225. The highest BCUT2D eigenvalue weighted by molar-refractivity contribution is 6.31. The summed E-state index contributed by atoms with van der Waals surface area (Å²) < 4.78 is 6.80. The van der Waals surface area contributed by atoms with Crippen molar-refractivity contribution in [1.82, 2.24) is 24.5 Å². The minimum Gasteiger partial charge on any atom is -0.463 e. The summed E-state index contributed by atoms with van der Waals surface area (Å²) in [7, 11) is 0. The van der Waals surface area contributed by atoms with Crippen LogP contribution in [-0.2, 0) is 19.1 Å². The zero-order valence-corrected chi connectivity index (χ0v) is 30.1. The van der Waals surface area contributed by atoms with E-state index >= 15 is 0 Å². The lowest BCUT2D eigenvalue weighted by Crippen LogP contribution is -2.45. The number of carbonyl (C=O) groups excluding carboxylic acids is 3. The number of carbonyl (C=O) groups is 3. The summed E-state index contributed by atoms with van der Waals surface area (Å²) in [5, 5.41) is 17.6. The Bertz CT molecular complexity index is 2210. The van der Waals surface area contributed by atoms with Gasteiger partial charge in [0.2, 0.25) is 0 Å². The van der Waals surface area contributed by atoms with Gasteiger partial charge in [0.1, 0.15) is 17.9 Å². The van der Waals surface area contributed by atoms with E-state index < -0.39 is 22.4 Å². The minimum absolute atomic E-state index is 0.117. The molecular weight excluding hydrogens is 680 g/mol. The van der Waals surface area contributed by atoms with Gasteiger partial charge in [-0.15, -0.1) is 0 Å². The molecule has 2 atom stereocenters. The number of nitrogens with one attached hydrogen (secondary N) is 2. The van der Waals surface area contributed by atoms with Crippen molar-refractivity contribution in [2.24, 2.45) is 0 Å². The fourth-order valence-corrected chi connectivity index (χ4v) is 6.85. The third kappa shape index (κ3) is 6.98. The smallest absolute Gasteiger partial charge is 0.338 e. The van der Waals surface area contributed by atoms with Gasteiger partial charge in [0.15, 0.2) is 5.69 Å². The highest BCUT2D eigenvalue weighted by atomic mass is 35.5. The van der Waals surface area contributed by atoms with Crippen molar-refractivity contribution in [1.29, 1.82) is 0 Å². The number of benzene rings is 3. The van der Waals surface area contributed by atoms with Gasteiger partial charge >= 0.3 is 12.4 Å². The number of hydrogen-bond acceptors (Lipinski definition) is 8. The van der Waals surface area contributed by atoms with E-state index in [9.17, 15) is 19.6 Å². The maximum absolute atomic E-state index is 14.3. The van der Waals surface area contributed by atoms with E-state index in [1.807, 2.05) is 54.8 Å². The molecule has 266 valence electrons. The van der Waals surface area contributed by atoms with Crippen molar-refractivity contribution in [3.8, 4) is 5.69 Å². The van der Waals surface area contributed by atoms with E-state index in [-0.39, 0.29) is 24.3 Å². The van der Waals surface area contributed by atoms with Gasteiger partial charge in [-0.25, -0.2) is 19.8 Å². The highest BCUT2D eigenvalue weighted by Crippen LogP contribution is 2.44. The van der Waals surface area contributed by atoms with Crippen LogP contribution in [0.15, 0.2) is 108 Å². The van der Waals surface area contributed by atoms with Crippen molar-refractivity contribution in [2.45, 2.75) is 46.5 Å². The molecule has 5 aromatic rings. The van der Waals surface area contributed by atoms with E-state index in [2.05, 4.69) is 20.6 Å². The molecule has 2 aromatic heterocycles. The second-order valence-corrected chi connectivity index (χ2v) is 13.0. The SMILES string of the molecule is CCCC[N+](O)(C=O)c1ccc(NC(=O)C2=C(C)NC(c3ccc(-n4c(C)nc5cnccc54)cc3)=C(C(=O)OCC)C2c2ccccc2Cl)cc1. The van der Waals surface area contributed by atoms with Gasteiger partial charge < -0.3 is 15.4 Å². The number of nitrogens with zero attached hydrogens (tertiary/aromatic N) is 4. The monoisotopic (exact) mass is 719 g/mol. The molecule has 0 fully saturated rings. The number of anilines is 1. The van der Waals surface area contributed by atoms with Crippen LogP contribution in [0.2, 0.25) is 5.02 Å². The van der Waals surface area contributed by atoms with Crippen LogP contribution in [0, 0.1) is 6.92 Å². The number of hydroxylamine groups is 2. The molecule has 0 saturated carbocycles. The van der Waals surface area contributed by atoms with Crippen molar-refractivity contribution < 1.29 is 24.3 Å². The average molecular weight is 720 g/mol. The first-order valence-corrected chi connectivity index (χ1v) is 17.5. The molecule has 0 aliphatic carbocycles. The Balaban J connectivity index is 1.41. The molecule has 0 radical (unpaired) electrons. The molecule has 1 aliphatic heterocycles. The number of quaternary nitrogens is 1. The number of amides is 2. The molecule has 1 aliphatic rings. The number of aryl methyl sites for hydroxylation is 1. The number of hydrogen-bond donors (Lipinski definition) is 3. The number of fused-ring (bicyclic) bond motifs is 1. The van der Waals surface area contributed by atoms with Crippen LogP contribution in [0.1, 0.15) is 56.5 Å². The van der Waals surface area contributed by atoms with Crippen LogP contribution >= 0.6 is 11.6 Å². The molecule has 3 heterocycles. The largest absolute Gasteiger partial charge is 0.463 e. The summed E-state index contributed by atoms with van der Waals surface area (Å²) in [6, 6.07) is 23.2. The number of esters is 1. The van der Waals surface area contributed by atoms with Gasteiger partial charge in [-0.2, -0.15) is 0 Å². The summed E-state index contributed by atoms with van der Waals surface area (Å²) in [6.45, 7) is 7.76. The number of halogens is 1. The Labute approximate surface area is 306 Å². The lowest BCUT2D eigenvalue weighted by atomic mass is 9.78. The standard InChI is InChI=1S/C40H39ClN6O5/c1-5-7-22-47(51,24-48)30-18-14-28(15-19-30)45-39(49)35-25(3)43-38(37(40(50)52-6-2)36(35)31-10-8-9-11-32(31)41)27-12-16-29(17-13-27)46-26(4)44-33-23-42-21-20-34(33)46/h8-21,23-24,36,51H,5-7,22H2,1-4H3,(H-,43,45,49,50)/p+1. The molecule has 6 rings (SSSR count). The van der Waals surface area contributed by atoms with Crippen LogP contribution in [0.4, 0.5) is 11.4 Å². The first-order chi connectivity index (χ1) is 25.1.